The van der Waals surface area contributed by atoms with Crippen molar-refractivity contribution in [2.75, 3.05) is 0 Å². The van der Waals surface area contributed by atoms with E-state index >= 15 is 0 Å². The molecule has 0 fully saturated rings. The van der Waals surface area contributed by atoms with Gasteiger partial charge in [-0.15, -0.1) is 0 Å². The molecule has 6 aromatic carbocycles. The Morgan fingerprint density at radius 2 is 1.08 bits per heavy atom. The van der Waals surface area contributed by atoms with Crippen LogP contribution in [0.5, 0.6) is 0 Å². The third-order valence-electron chi connectivity index (χ3n) is 9.12. The van der Waals surface area contributed by atoms with E-state index in [-0.39, 0.29) is 0 Å². The van der Waals surface area contributed by atoms with Gasteiger partial charge in [0, 0.05) is 38.2 Å². The van der Waals surface area contributed by atoms with E-state index in [1.807, 2.05) is 66.7 Å². The number of nitrogens with zero attached hydrogens (tertiary/aromatic N) is 3. The lowest BCUT2D eigenvalue weighted by atomic mass is 9.96. The van der Waals surface area contributed by atoms with E-state index in [9.17, 15) is 0 Å². The molecule has 0 aliphatic heterocycles. The Hall–Kier alpha value is -6.33. The van der Waals surface area contributed by atoms with Gasteiger partial charge in [-0.1, -0.05) is 91.0 Å². The smallest absolute Gasteiger partial charge is 0.164 e. The molecule has 0 bridgehead atoms. The molecule has 0 spiro atoms. The lowest BCUT2D eigenvalue weighted by Gasteiger charge is -2.10. The molecule has 3 heterocycles. The summed E-state index contributed by atoms with van der Waals surface area (Å²) in [7, 11) is 0. The Labute approximate surface area is 276 Å². The van der Waals surface area contributed by atoms with Crippen molar-refractivity contribution in [2.45, 2.75) is 13.8 Å². The van der Waals surface area contributed by atoms with Crippen LogP contribution in [0.4, 0.5) is 0 Å². The summed E-state index contributed by atoms with van der Waals surface area (Å²) in [6, 6.07) is 45.4. The number of allylic oxidation sites excluding steroid dienone is 2. The molecule has 0 saturated carbocycles. The fraction of sp³-hybridized carbons (Fsp3) is 0.0465. The van der Waals surface area contributed by atoms with Crippen LogP contribution in [0.25, 0.3) is 94.7 Å². The van der Waals surface area contributed by atoms with Gasteiger partial charge in [0.25, 0.3) is 0 Å². The number of hydrogen-bond donors (Lipinski definition) is 0. The average molecular weight is 620 g/mol. The van der Waals surface area contributed by atoms with E-state index in [0.717, 1.165) is 71.7 Å². The molecule has 9 rings (SSSR count). The fourth-order valence-corrected chi connectivity index (χ4v) is 6.52. The molecule has 9 aromatic rings. The first kappa shape index (κ1) is 27.9. The predicted molar refractivity (Wildman–Crippen MR) is 195 cm³/mol. The van der Waals surface area contributed by atoms with Gasteiger partial charge < -0.3 is 8.83 Å². The topological polar surface area (TPSA) is 65.0 Å². The molecule has 0 aliphatic rings. The standard InChI is InChI=1S/C43H29N3O2/c1-3-26(2)28-19-21-38-35(24-28)40-32(16-10-18-39(40)48-38)29-13-9-14-30(23-29)42-44-41(27-11-5-4-6-12-27)45-43(46-42)31-20-22-37-34(25-31)33-15-7-8-17-36(33)47-37/h3-25H,1-2H3/b26-3+. The zero-order chi connectivity index (χ0) is 32.2. The van der Waals surface area contributed by atoms with Crippen LogP contribution in [-0.2, 0) is 0 Å². The summed E-state index contributed by atoms with van der Waals surface area (Å²) in [5, 5.41) is 4.29. The van der Waals surface area contributed by atoms with Crippen LogP contribution in [0.15, 0.2) is 148 Å². The van der Waals surface area contributed by atoms with E-state index in [2.05, 4.69) is 86.7 Å². The van der Waals surface area contributed by atoms with Crippen LogP contribution in [-0.4, -0.2) is 15.0 Å². The highest BCUT2D eigenvalue weighted by Crippen LogP contribution is 2.39. The zero-order valence-electron chi connectivity index (χ0n) is 26.4. The number of fused-ring (bicyclic) bond motifs is 6. The van der Waals surface area contributed by atoms with Crippen LogP contribution in [0.1, 0.15) is 19.4 Å². The second-order valence-corrected chi connectivity index (χ2v) is 12.0. The first-order chi connectivity index (χ1) is 23.6. The van der Waals surface area contributed by atoms with Crippen LogP contribution in [0.2, 0.25) is 0 Å². The fourth-order valence-electron chi connectivity index (χ4n) is 6.52. The summed E-state index contributed by atoms with van der Waals surface area (Å²) < 4.78 is 12.4. The number of aromatic nitrogens is 3. The first-order valence-electron chi connectivity index (χ1n) is 16.1. The van der Waals surface area contributed by atoms with E-state index < -0.39 is 0 Å². The maximum Gasteiger partial charge on any atom is 0.164 e. The maximum atomic E-state index is 6.32. The van der Waals surface area contributed by atoms with Gasteiger partial charge >= 0.3 is 0 Å². The summed E-state index contributed by atoms with van der Waals surface area (Å²) in [5.74, 6) is 1.83. The molecule has 5 heteroatoms. The molecule has 0 amide bonds. The van der Waals surface area contributed by atoms with Crippen molar-refractivity contribution in [3.8, 4) is 45.3 Å². The van der Waals surface area contributed by atoms with Crippen LogP contribution in [0, 0.1) is 0 Å². The predicted octanol–water partition coefficient (Wildman–Crippen LogP) is 11.8. The molecule has 228 valence electrons. The summed E-state index contributed by atoms with van der Waals surface area (Å²) in [4.78, 5) is 15.1. The van der Waals surface area contributed by atoms with Crippen molar-refractivity contribution in [1.82, 2.24) is 15.0 Å². The zero-order valence-corrected chi connectivity index (χ0v) is 26.4. The van der Waals surface area contributed by atoms with Crippen LogP contribution >= 0.6 is 0 Å². The largest absolute Gasteiger partial charge is 0.456 e. The Kier molecular flexibility index (Phi) is 6.51. The molecule has 0 saturated heterocycles. The minimum Gasteiger partial charge on any atom is -0.456 e. The Morgan fingerprint density at radius 1 is 0.479 bits per heavy atom. The molecule has 0 aliphatic carbocycles. The van der Waals surface area contributed by atoms with Gasteiger partial charge in [0.15, 0.2) is 17.5 Å². The molecular weight excluding hydrogens is 590 g/mol. The number of benzene rings is 6. The molecule has 0 atom stereocenters. The lowest BCUT2D eigenvalue weighted by molar-refractivity contribution is 0.668. The summed E-state index contributed by atoms with van der Waals surface area (Å²) in [6.45, 7) is 4.20. The number of para-hydroxylation sites is 1. The summed E-state index contributed by atoms with van der Waals surface area (Å²) >= 11 is 0. The van der Waals surface area contributed by atoms with Crippen molar-refractivity contribution >= 4 is 49.5 Å². The highest BCUT2D eigenvalue weighted by Gasteiger charge is 2.17. The third-order valence-corrected chi connectivity index (χ3v) is 9.12. The number of furan rings is 2. The van der Waals surface area contributed by atoms with Gasteiger partial charge in [0.2, 0.25) is 0 Å². The molecule has 5 nitrogen and oxygen atoms in total. The highest BCUT2D eigenvalue weighted by molar-refractivity contribution is 6.13. The summed E-state index contributed by atoms with van der Waals surface area (Å²) in [6.07, 6.45) is 2.13. The number of hydrogen-bond acceptors (Lipinski definition) is 5. The van der Waals surface area contributed by atoms with Gasteiger partial charge in [-0.2, -0.15) is 0 Å². The third kappa shape index (κ3) is 4.67. The molecule has 48 heavy (non-hydrogen) atoms. The Balaban J connectivity index is 1.22. The minimum absolute atomic E-state index is 0.603. The molecular formula is C43H29N3O2. The van der Waals surface area contributed by atoms with Gasteiger partial charge in [-0.25, -0.2) is 15.0 Å². The van der Waals surface area contributed by atoms with Crippen molar-refractivity contribution in [2.24, 2.45) is 0 Å². The van der Waals surface area contributed by atoms with Gasteiger partial charge in [0.1, 0.15) is 22.3 Å². The van der Waals surface area contributed by atoms with E-state index in [1.54, 1.807) is 0 Å². The minimum atomic E-state index is 0.603. The van der Waals surface area contributed by atoms with Gasteiger partial charge in [-0.3, -0.25) is 0 Å². The average Bonchev–Trinajstić information content (AvgIpc) is 3.72. The van der Waals surface area contributed by atoms with Crippen molar-refractivity contribution in [3.63, 3.8) is 0 Å². The van der Waals surface area contributed by atoms with Crippen LogP contribution in [0.3, 0.4) is 0 Å². The summed E-state index contributed by atoms with van der Waals surface area (Å²) in [5.41, 5.74) is 10.7. The van der Waals surface area contributed by atoms with Crippen molar-refractivity contribution in [1.29, 1.82) is 0 Å². The quantitative estimate of drug-likeness (QED) is 0.192. The highest BCUT2D eigenvalue weighted by atomic mass is 16.3. The Bertz CT molecular complexity index is 2700. The SMILES string of the molecule is C/C=C(\C)c1ccc2oc3cccc(-c4cccc(-c5nc(-c6ccccc6)nc(-c6ccc7oc8ccccc8c7c6)n5)c4)c3c2c1. The molecule has 0 unspecified atom stereocenters. The van der Waals surface area contributed by atoms with E-state index in [4.69, 9.17) is 23.8 Å². The lowest BCUT2D eigenvalue weighted by Crippen LogP contribution is -2.00. The second kappa shape index (κ2) is 11.2. The van der Waals surface area contributed by atoms with Gasteiger partial charge in [0.05, 0.1) is 0 Å². The number of rotatable bonds is 5. The van der Waals surface area contributed by atoms with Gasteiger partial charge in [-0.05, 0) is 84.6 Å². The molecule has 0 radical (unpaired) electrons. The van der Waals surface area contributed by atoms with Crippen molar-refractivity contribution in [3.05, 3.63) is 145 Å². The maximum absolute atomic E-state index is 6.32. The van der Waals surface area contributed by atoms with E-state index in [0.29, 0.717) is 17.5 Å². The molecule has 0 N–H and O–H groups in total. The first-order valence-corrected chi connectivity index (χ1v) is 16.1. The molecule has 3 aromatic heterocycles. The second-order valence-electron chi connectivity index (χ2n) is 12.0. The van der Waals surface area contributed by atoms with E-state index in [1.165, 1.54) is 11.1 Å². The van der Waals surface area contributed by atoms with Crippen LogP contribution < -0.4 is 0 Å². The Morgan fingerprint density at radius 3 is 1.92 bits per heavy atom. The van der Waals surface area contributed by atoms with Crippen molar-refractivity contribution < 1.29 is 8.83 Å². The normalized spacial score (nSPS) is 12.1. The monoisotopic (exact) mass is 619 g/mol.